The first-order chi connectivity index (χ1) is 11.6. The van der Waals surface area contributed by atoms with E-state index in [-0.39, 0.29) is 9.99 Å². The van der Waals surface area contributed by atoms with Gasteiger partial charge >= 0.3 is 0 Å². The van der Waals surface area contributed by atoms with E-state index in [4.69, 9.17) is 4.42 Å². The number of thioether (sulfide) groups is 2. The maximum absolute atomic E-state index is 12.7. The molecular weight excluding hydrogens is 338 g/mol. The van der Waals surface area contributed by atoms with Crippen LogP contribution in [0, 0.1) is 13.8 Å². The van der Waals surface area contributed by atoms with E-state index in [1.807, 2.05) is 61.6 Å². The smallest absolute Gasteiger partial charge is 0.291 e. The van der Waals surface area contributed by atoms with Crippen LogP contribution in [0.3, 0.4) is 0 Å². The Morgan fingerprint density at radius 2 is 2.04 bits per heavy atom. The quantitative estimate of drug-likeness (QED) is 0.808. The van der Waals surface area contributed by atoms with Crippen molar-refractivity contribution < 1.29 is 9.21 Å². The monoisotopic (exact) mass is 359 g/mol. The number of amides is 1. The summed E-state index contributed by atoms with van der Waals surface area (Å²) in [5.74, 6) is 3.72. The van der Waals surface area contributed by atoms with Gasteiger partial charge < -0.3 is 9.73 Å². The molecule has 5 heteroatoms. The molecule has 2 aliphatic rings. The van der Waals surface area contributed by atoms with Gasteiger partial charge in [0.2, 0.25) is 0 Å². The lowest BCUT2D eigenvalue weighted by Gasteiger charge is -2.31. The molecule has 1 saturated heterocycles. The number of hydrogen-bond donors (Lipinski definition) is 1. The first-order valence-corrected chi connectivity index (χ1v) is 10.3. The molecule has 0 atom stereocenters. The minimum absolute atomic E-state index is 0.114. The summed E-state index contributed by atoms with van der Waals surface area (Å²) in [6, 6.07) is 7.85. The molecular formula is C19H21NO2S2. The molecule has 1 aliphatic carbocycles. The van der Waals surface area contributed by atoms with E-state index in [9.17, 15) is 4.79 Å². The van der Waals surface area contributed by atoms with Gasteiger partial charge in [-0.1, -0.05) is 12.1 Å². The molecule has 0 radical (unpaired) electrons. The summed E-state index contributed by atoms with van der Waals surface area (Å²) in [7, 11) is 0. The third kappa shape index (κ3) is 2.68. The fraction of sp³-hybridized carbons (Fsp3) is 0.421. The molecule has 1 aromatic heterocycles. The van der Waals surface area contributed by atoms with Crippen LogP contribution in [0.25, 0.3) is 0 Å². The predicted octanol–water partition coefficient (Wildman–Crippen LogP) is 5.12. The van der Waals surface area contributed by atoms with Crippen molar-refractivity contribution in [1.29, 1.82) is 0 Å². The molecule has 1 aliphatic heterocycles. The van der Waals surface area contributed by atoms with Gasteiger partial charge in [0.15, 0.2) is 5.76 Å². The fourth-order valence-electron chi connectivity index (χ4n) is 3.72. The van der Waals surface area contributed by atoms with Gasteiger partial charge in [-0.2, -0.15) is 0 Å². The van der Waals surface area contributed by atoms with Crippen LogP contribution in [0.5, 0.6) is 0 Å². The van der Waals surface area contributed by atoms with E-state index >= 15 is 0 Å². The van der Waals surface area contributed by atoms with Crippen LogP contribution >= 0.6 is 23.5 Å². The van der Waals surface area contributed by atoms with E-state index in [1.54, 1.807) is 0 Å². The van der Waals surface area contributed by atoms with Gasteiger partial charge in [-0.15, -0.1) is 23.5 Å². The lowest BCUT2D eigenvalue weighted by molar-refractivity contribution is 0.0994. The largest absolute Gasteiger partial charge is 0.455 e. The standard InChI is InChI=1S/C19H21NO2S2/c1-12-5-3-6-14(11-12)20-18(21)17-13(2)16-15(22-17)7-4-8-19(16)23-9-10-24-19/h3,5-6,11H,4,7-10H2,1-2H3,(H,20,21). The number of anilines is 1. The number of fused-ring (bicyclic) bond motifs is 2. The van der Waals surface area contributed by atoms with Crippen molar-refractivity contribution in [3.8, 4) is 0 Å². The van der Waals surface area contributed by atoms with Crippen molar-refractivity contribution in [3.05, 3.63) is 52.5 Å². The number of benzene rings is 1. The Kier molecular flexibility index (Phi) is 4.17. The number of carbonyl (C=O) groups excluding carboxylic acids is 1. The van der Waals surface area contributed by atoms with E-state index < -0.39 is 0 Å². The summed E-state index contributed by atoms with van der Waals surface area (Å²) in [5, 5.41) is 2.98. The molecule has 1 N–H and O–H groups in total. The molecule has 2 aromatic rings. The summed E-state index contributed by atoms with van der Waals surface area (Å²) in [5.41, 5.74) is 4.25. The zero-order valence-corrected chi connectivity index (χ0v) is 15.6. The average Bonchev–Trinajstić information content (AvgIpc) is 3.14. The summed E-state index contributed by atoms with van der Waals surface area (Å²) in [6.07, 6.45) is 3.25. The highest BCUT2D eigenvalue weighted by Gasteiger charge is 2.45. The lowest BCUT2D eigenvalue weighted by atomic mass is 9.94. The Hall–Kier alpha value is -1.33. The lowest BCUT2D eigenvalue weighted by Crippen LogP contribution is -2.21. The molecule has 1 spiro atoms. The van der Waals surface area contributed by atoms with Crippen molar-refractivity contribution in [1.82, 2.24) is 0 Å². The maximum atomic E-state index is 12.7. The molecule has 1 aromatic carbocycles. The third-order valence-corrected chi connectivity index (χ3v) is 8.28. The van der Waals surface area contributed by atoms with E-state index in [2.05, 4.69) is 5.32 Å². The Morgan fingerprint density at radius 3 is 2.79 bits per heavy atom. The second-order valence-electron chi connectivity index (χ2n) is 6.48. The molecule has 3 nitrogen and oxygen atoms in total. The van der Waals surface area contributed by atoms with Gasteiger partial charge in [0, 0.05) is 34.7 Å². The van der Waals surface area contributed by atoms with Crippen molar-refractivity contribution in [3.63, 3.8) is 0 Å². The topological polar surface area (TPSA) is 42.2 Å². The van der Waals surface area contributed by atoms with E-state index in [0.717, 1.165) is 35.4 Å². The average molecular weight is 360 g/mol. The third-order valence-electron chi connectivity index (χ3n) is 4.75. The number of rotatable bonds is 2. The van der Waals surface area contributed by atoms with Gasteiger partial charge in [-0.25, -0.2) is 0 Å². The highest BCUT2D eigenvalue weighted by molar-refractivity contribution is 8.20. The Balaban J connectivity index is 1.67. The zero-order chi connectivity index (χ0) is 16.7. The molecule has 4 rings (SSSR count). The Labute approximate surface area is 151 Å². The van der Waals surface area contributed by atoms with Crippen LogP contribution in [0.15, 0.2) is 28.7 Å². The van der Waals surface area contributed by atoms with Gasteiger partial charge in [-0.3, -0.25) is 4.79 Å². The summed E-state index contributed by atoms with van der Waals surface area (Å²) in [6.45, 7) is 4.06. The predicted molar refractivity (Wildman–Crippen MR) is 102 cm³/mol. The second-order valence-corrected chi connectivity index (χ2v) is 9.53. The minimum Gasteiger partial charge on any atom is -0.455 e. The molecule has 1 fully saturated rings. The SMILES string of the molecule is Cc1cccc(NC(=O)c2oc3c(c2C)C2(CCC3)SCCS2)c1. The van der Waals surface area contributed by atoms with Gasteiger partial charge in [0.25, 0.3) is 5.91 Å². The normalized spacial score (nSPS) is 18.6. The number of carbonyl (C=O) groups is 1. The maximum Gasteiger partial charge on any atom is 0.291 e. The van der Waals surface area contributed by atoms with Crippen LogP contribution < -0.4 is 5.32 Å². The van der Waals surface area contributed by atoms with Gasteiger partial charge in [0.1, 0.15) is 5.76 Å². The molecule has 0 bridgehead atoms. The summed E-state index contributed by atoms with van der Waals surface area (Å²) >= 11 is 4.05. The van der Waals surface area contributed by atoms with Crippen LogP contribution in [0.2, 0.25) is 0 Å². The van der Waals surface area contributed by atoms with Crippen molar-refractivity contribution >= 4 is 35.1 Å². The minimum atomic E-state index is -0.143. The van der Waals surface area contributed by atoms with Crippen molar-refractivity contribution in [2.75, 3.05) is 16.8 Å². The Morgan fingerprint density at radius 1 is 1.25 bits per heavy atom. The number of hydrogen-bond acceptors (Lipinski definition) is 4. The van der Waals surface area contributed by atoms with Crippen LogP contribution in [0.4, 0.5) is 5.69 Å². The molecule has 0 unspecified atom stereocenters. The number of nitrogens with one attached hydrogen (secondary N) is 1. The number of aryl methyl sites for hydroxylation is 2. The summed E-state index contributed by atoms with van der Waals surface area (Å²) in [4.78, 5) is 12.7. The molecule has 1 amide bonds. The first kappa shape index (κ1) is 16.2. The van der Waals surface area contributed by atoms with Crippen LogP contribution in [0.1, 0.15) is 45.8 Å². The van der Waals surface area contributed by atoms with Crippen LogP contribution in [-0.2, 0) is 10.5 Å². The molecule has 2 heterocycles. The van der Waals surface area contributed by atoms with E-state index in [1.165, 1.54) is 23.5 Å². The van der Waals surface area contributed by atoms with Crippen molar-refractivity contribution in [2.24, 2.45) is 0 Å². The fourth-order valence-corrected chi connectivity index (χ4v) is 7.28. The molecule has 126 valence electrons. The Bertz CT molecular complexity index is 791. The van der Waals surface area contributed by atoms with Crippen molar-refractivity contribution in [2.45, 2.75) is 37.2 Å². The highest BCUT2D eigenvalue weighted by Crippen LogP contribution is 2.59. The number of furan rings is 1. The first-order valence-electron chi connectivity index (χ1n) is 8.38. The highest BCUT2D eigenvalue weighted by atomic mass is 32.2. The van der Waals surface area contributed by atoms with Gasteiger partial charge in [0.05, 0.1) is 4.08 Å². The second kappa shape index (κ2) is 6.19. The van der Waals surface area contributed by atoms with E-state index in [0.29, 0.717) is 5.76 Å². The van der Waals surface area contributed by atoms with Gasteiger partial charge in [-0.05, 0) is 44.4 Å². The molecule has 24 heavy (non-hydrogen) atoms. The molecule has 0 saturated carbocycles. The van der Waals surface area contributed by atoms with Crippen LogP contribution in [-0.4, -0.2) is 17.4 Å². The summed E-state index contributed by atoms with van der Waals surface area (Å²) < 4.78 is 6.16. The zero-order valence-electron chi connectivity index (χ0n) is 14.0.